The molecule has 2 atom stereocenters. The van der Waals surface area contributed by atoms with Crippen molar-refractivity contribution in [1.29, 1.82) is 0 Å². The van der Waals surface area contributed by atoms with Crippen LogP contribution in [0.5, 0.6) is 0 Å². The number of carbonyl (C=O) groups excluding carboxylic acids is 1. The van der Waals surface area contributed by atoms with E-state index in [4.69, 9.17) is 0 Å². The van der Waals surface area contributed by atoms with Gasteiger partial charge >= 0.3 is 0 Å². The van der Waals surface area contributed by atoms with E-state index in [1.807, 2.05) is 18.4 Å². The van der Waals surface area contributed by atoms with Crippen LogP contribution in [0, 0.1) is 5.82 Å². The van der Waals surface area contributed by atoms with Gasteiger partial charge in [0.15, 0.2) is 0 Å². The molecule has 0 aliphatic carbocycles. The van der Waals surface area contributed by atoms with Crippen molar-refractivity contribution in [1.82, 2.24) is 14.8 Å². The molecule has 2 fully saturated rings. The van der Waals surface area contributed by atoms with Crippen LogP contribution >= 0.6 is 23.1 Å². The van der Waals surface area contributed by atoms with Crippen LogP contribution in [0.3, 0.4) is 0 Å². The maximum Gasteiger partial charge on any atom is 0.273 e. The summed E-state index contributed by atoms with van der Waals surface area (Å²) < 4.78 is 14.9. The zero-order chi connectivity index (χ0) is 20.4. The highest BCUT2D eigenvalue weighted by Gasteiger charge is 2.36. The van der Waals surface area contributed by atoms with Crippen LogP contribution in [-0.4, -0.2) is 83.5 Å². The van der Waals surface area contributed by atoms with Gasteiger partial charge < -0.3 is 14.9 Å². The maximum atomic E-state index is 14.0. The van der Waals surface area contributed by atoms with Gasteiger partial charge in [-0.25, -0.2) is 9.37 Å². The quantitative estimate of drug-likeness (QED) is 0.743. The van der Waals surface area contributed by atoms with Gasteiger partial charge in [0.1, 0.15) is 15.9 Å². The number of β-amino-alcohol motifs (C(OH)–C–C–N with tert-alkyl or cyclic N) is 1. The smallest absolute Gasteiger partial charge is 0.273 e. The predicted octanol–water partition coefficient (Wildman–Crippen LogP) is 2.40. The lowest BCUT2D eigenvalue weighted by molar-refractivity contribution is -0.0108. The Kier molecular flexibility index (Phi) is 6.38. The number of hydrogen-bond acceptors (Lipinski definition) is 7. The summed E-state index contributed by atoms with van der Waals surface area (Å²) in [5, 5.41) is 12.5. The van der Waals surface area contributed by atoms with Gasteiger partial charge in [0.05, 0.1) is 11.8 Å². The molecule has 3 heterocycles. The normalized spacial score (nSPS) is 23.4. The molecule has 0 saturated carbocycles. The third-order valence-corrected chi connectivity index (χ3v) is 7.55. The van der Waals surface area contributed by atoms with Crippen molar-refractivity contribution < 1.29 is 14.3 Å². The van der Waals surface area contributed by atoms with Gasteiger partial charge in [-0.1, -0.05) is 23.9 Å². The molecule has 1 aromatic heterocycles. The Morgan fingerprint density at radius 1 is 1.24 bits per heavy atom. The molecule has 9 heteroatoms. The van der Waals surface area contributed by atoms with Crippen LogP contribution in [0.1, 0.15) is 16.9 Å². The van der Waals surface area contributed by atoms with E-state index in [1.54, 1.807) is 16.3 Å². The van der Waals surface area contributed by atoms with Crippen LogP contribution in [0.15, 0.2) is 34.0 Å². The number of anilines is 1. The number of thiazole rings is 1. The molecular weight excluding hydrogens is 411 g/mol. The minimum atomic E-state index is -0.591. The Balaban J connectivity index is 1.32. The van der Waals surface area contributed by atoms with Gasteiger partial charge in [0.25, 0.3) is 5.91 Å². The van der Waals surface area contributed by atoms with Crippen molar-refractivity contribution in [3.8, 4) is 0 Å². The van der Waals surface area contributed by atoms with Crippen LogP contribution in [-0.2, 0) is 0 Å². The Labute approximate surface area is 178 Å². The molecule has 0 unspecified atom stereocenters. The van der Waals surface area contributed by atoms with Crippen LogP contribution in [0.25, 0.3) is 0 Å². The number of likely N-dealkylation sites (tertiary alicyclic amines) is 1. The van der Waals surface area contributed by atoms with E-state index in [-0.39, 0.29) is 17.8 Å². The largest absolute Gasteiger partial charge is 0.390 e. The first-order valence-corrected chi connectivity index (χ1v) is 11.9. The number of halogens is 1. The highest BCUT2D eigenvalue weighted by molar-refractivity contribution is 8.00. The molecule has 2 aromatic rings. The number of carbonyl (C=O) groups is 1. The summed E-state index contributed by atoms with van der Waals surface area (Å²) in [6.07, 6.45) is 2.08. The minimum absolute atomic E-state index is 0.0269. The number of aromatic nitrogens is 1. The molecule has 2 aliphatic heterocycles. The van der Waals surface area contributed by atoms with Gasteiger partial charge in [-0.15, -0.1) is 11.3 Å². The van der Waals surface area contributed by atoms with Crippen molar-refractivity contribution in [2.24, 2.45) is 0 Å². The number of hydrogen-bond donors (Lipinski definition) is 1. The fourth-order valence-corrected chi connectivity index (χ4v) is 5.38. The van der Waals surface area contributed by atoms with Crippen molar-refractivity contribution >= 4 is 34.7 Å². The van der Waals surface area contributed by atoms with E-state index >= 15 is 0 Å². The summed E-state index contributed by atoms with van der Waals surface area (Å²) in [6.45, 7) is 3.93. The van der Waals surface area contributed by atoms with E-state index in [9.17, 15) is 14.3 Å². The minimum Gasteiger partial charge on any atom is -0.390 e. The first-order chi connectivity index (χ1) is 14.1. The molecule has 4 rings (SSSR count). The average molecular weight is 437 g/mol. The number of para-hydroxylation sites is 1. The van der Waals surface area contributed by atoms with Crippen molar-refractivity contribution in [3.05, 3.63) is 41.2 Å². The van der Waals surface area contributed by atoms with E-state index in [2.05, 4.69) is 14.8 Å². The zero-order valence-electron chi connectivity index (χ0n) is 16.3. The van der Waals surface area contributed by atoms with Gasteiger partial charge in [-0.3, -0.25) is 9.69 Å². The van der Waals surface area contributed by atoms with Crippen molar-refractivity contribution in [2.45, 2.75) is 22.9 Å². The molecule has 156 valence electrons. The molecule has 1 aromatic carbocycles. The summed E-state index contributed by atoms with van der Waals surface area (Å²) in [6, 6.07) is 6.88. The molecule has 0 bridgehead atoms. The Bertz CT molecular complexity index is 857. The van der Waals surface area contributed by atoms with Gasteiger partial charge in [-0.05, 0) is 24.8 Å². The maximum absolute atomic E-state index is 14.0. The molecule has 1 amide bonds. The molecule has 6 nitrogen and oxygen atoms in total. The second-order valence-corrected chi connectivity index (χ2v) is 9.26. The number of nitrogens with zero attached hydrogens (tertiary/aromatic N) is 4. The lowest BCUT2D eigenvalue weighted by atomic mass is 9.99. The number of piperazine rings is 1. The fraction of sp³-hybridized carbons (Fsp3) is 0.500. The summed E-state index contributed by atoms with van der Waals surface area (Å²) in [4.78, 5) is 23.1. The van der Waals surface area contributed by atoms with Gasteiger partial charge in [0.2, 0.25) is 0 Å². The van der Waals surface area contributed by atoms with E-state index in [0.717, 1.165) is 36.9 Å². The number of amides is 1. The monoisotopic (exact) mass is 436 g/mol. The summed E-state index contributed by atoms with van der Waals surface area (Å²) in [7, 11) is 0. The molecule has 2 aliphatic rings. The molecule has 1 N–H and O–H groups in total. The third-order valence-electron chi connectivity index (χ3n) is 5.69. The van der Waals surface area contributed by atoms with E-state index in [1.165, 1.54) is 29.2 Å². The number of aliphatic hydroxyl groups excluding tert-OH is 1. The molecular formula is C20H25FN4O2S2. The van der Waals surface area contributed by atoms with Crippen molar-refractivity contribution in [2.75, 3.05) is 50.4 Å². The first-order valence-electron chi connectivity index (χ1n) is 9.77. The van der Waals surface area contributed by atoms with Gasteiger partial charge in [0, 0.05) is 50.7 Å². The molecule has 0 radical (unpaired) electrons. The lowest BCUT2D eigenvalue weighted by Crippen LogP contribution is -2.59. The Hall–Kier alpha value is -1.68. The SMILES string of the molecule is CSc1nc(C(=O)N2CC[C@@H](N3CCN(c4ccccc4F)CC3)[C@H](O)C2)cs1. The second kappa shape index (κ2) is 8.99. The first kappa shape index (κ1) is 20.6. The van der Waals surface area contributed by atoms with E-state index < -0.39 is 6.10 Å². The zero-order valence-corrected chi connectivity index (χ0v) is 18.0. The number of aliphatic hydroxyl groups is 1. The van der Waals surface area contributed by atoms with Crippen LogP contribution in [0.4, 0.5) is 10.1 Å². The average Bonchev–Trinajstić information content (AvgIpc) is 3.23. The fourth-order valence-electron chi connectivity index (χ4n) is 4.14. The Morgan fingerprint density at radius 3 is 2.66 bits per heavy atom. The van der Waals surface area contributed by atoms with Crippen LogP contribution in [0.2, 0.25) is 0 Å². The topological polar surface area (TPSA) is 59.9 Å². The highest BCUT2D eigenvalue weighted by atomic mass is 32.2. The van der Waals surface area contributed by atoms with Gasteiger partial charge in [-0.2, -0.15) is 0 Å². The van der Waals surface area contributed by atoms with E-state index in [0.29, 0.717) is 24.5 Å². The summed E-state index contributed by atoms with van der Waals surface area (Å²) in [5.74, 6) is -0.303. The Morgan fingerprint density at radius 2 is 2.00 bits per heavy atom. The molecule has 0 spiro atoms. The predicted molar refractivity (Wildman–Crippen MR) is 114 cm³/mol. The van der Waals surface area contributed by atoms with Crippen LogP contribution < -0.4 is 4.90 Å². The molecule has 2 saturated heterocycles. The number of benzene rings is 1. The number of rotatable bonds is 4. The highest BCUT2D eigenvalue weighted by Crippen LogP contribution is 2.25. The van der Waals surface area contributed by atoms with Crippen molar-refractivity contribution in [3.63, 3.8) is 0 Å². The summed E-state index contributed by atoms with van der Waals surface area (Å²) >= 11 is 2.99. The number of thioether (sulfide) groups is 1. The third kappa shape index (κ3) is 4.42. The number of piperidine rings is 1. The standard InChI is InChI=1S/C20H25FN4O2S2/c1-28-20-22-15(13-29-20)19(27)25-7-6-17(18(26)12-25)24-10-8-23(9-11-24)16-5-3-2-4-14(16)21/h2-5,13,17-18,26H,6-12H2,1H3/t17-,18-/m1/s1. The summed E-state index contributed by atoms with van der Waals surface area (Å²) in [5.41, 5.74) is 1.10. The molecule has 29 heavy (non-hydrogen) atoms. The lowest BCUT2D eigenvalue weighted by Gasteiger charge is -2.45. The second-order valence-electron chi connectivity index (χ2n) is 7.35.